The van der Waals surface area contributed by atoms with E-state index in [1.54, 1.807) is 6.07 Å². The highest BCUT2D eigenvalue weighted by atomic mass is 32.2. The van der Waals surface area contributed by atoms with E-state index >= 15 is 0 Å². The third-order valence-corrected chi connectivity index (χ3v) is 4.27. The molecule has 19 heavy (non-hydrogen) atoms. The minimum atomic E-state index is 0.338. The molecule has 2 heterocycles. The number of hydrogen-bond donors (Lipinski definition) is 1. The first kappa shape index (κ1) is 12.4. The van der Waals surface area contributed by atoms with Gasteiger partial charge in [-0.05, 0) is 42.9 Å². The zero-order valence-corrected chi connectivity index (χ0v) is 11.4. The first-order valence-corrected chi connectivity index (χ1v) is 7.54. The number of aromatic nitrogens is 1. The summed E-state index contributed by atoms with van der Waals surface area (Å²) in [4.78, 5) is 0. The zero-order valence-electron chi connectivity index (χ0n) is 10.5. The van der Waals surface area contributed by atoms with Gasteiger partial charge in [-0.2, -0.15) is 11.8 Å². The second kappa shape index (κ2) is 5.57. The Morgan fingerprint density at radius 2 is 2.16 bits per heavy atom. The van der Waals surface area contributed by atoms with Gasteiger partial charge in [-0.25, -0.2) is 0 Å². The average molecular weight is 276 g/mol. The molecule has 1 aromatic heterocycles. The molecule has 1 aliphatic rings. The highest BCUT2D eigenvalue weighted by Crippen LogP contribution is 2.26. The molecule has 2 aromatic rings. The van der Waals surface area contributed by atoms with Gasteiger partial charge >= 0.3 is 0 Å². The number of hydrogen-bond acceptors (Lipinski definition) is 5. The van der Waals surface area contributed by atoms with Crippen molar-refractivity contribution >= 4 is 17.6 Å². The molecule has 1 aromatic carbocycles. The van der Waals surface area contributed by atoms with Crippen molar-refractivity contribution in [1.29, 1.82) is 0 Å². The Balaban J connectivity index is 1.68. The van der Waals surface area contributed by atoms with Crippen LogP contribution in [-0.2, 0) is 0 Å². The molecular formula is C14H16N2O2S. The number of thioether (sulfide) groups is 1. The fraction of sp³-hybridized carbons (Fsp3) is 0.357. The van der Waals surface area contributed by atoms with E-state index in [0.29, 0.717) is 17.7 Å². The molecule has 1 saturated heterocycles. The van der Waals surface area contributed by atoms with Crippen LogP contribution < -0.4 is 10.5 Å². The largest absolute Gasteiger partial charge is 0.490 e. The Hall–Kier alpha value is -1.62. The minimum Gasteiger partial charge on any atom is -0.490 e. The van der Waals surface area contributed by atoms with E-state index < -0.39 is 0 Å². The van der Waals surface area contributed by atoms with Gasteiger partial charge in [0.15, 0.2) is 11.6 Å². The highest BCUT2D eigenvalue weighted by Gasteiger charge is 2.15. The number of ether oxygens (including phenoxy) is 1. The minimum absolute atomic E-state index is 0.338. The molecule has 1 atom stereocenters. The standard InChI is InChI=1S/C14H16N2O2S/c15-14-8-13(18-16-14)10-3-5-11(6-4-10)17-12-2-1-7-19-9-12/h3-6,8,12H,1-2,7,9H2,(H2,15,16). The number of rotatable bonds is 3. The van der Waals surface area contributed by atoms with Crippen molar-refractivity contribution in [2.24, 2.45) is 0 Å². The van der Waals surface area contributed by atoms with Gasteiger partial charge in [-0.15, -0.1) is 0 Å². The van der Waals surface area contributed by atoms with Crippen molar-refractivity contribution in [2.45, 2.75) is 18.9 Å². The van der Waals surface area contributed by atoms with Crippen LogP contribution in [0.4, 0.5) is 5.82 Å². The van der Waals surface area contributed by atoms with Gasteiger partial charge in [-0.1, -0.05) is 5.16 Å². The maximum Gasteiger partial charge on any atom is 0.169 e. The average Bonchev–Trinajstić information content (AvgIpc) is 2.87. The summed E-state index contributed by atoms with van der Waals surface area (Å²) >= 11 is 1.96. The second-order valence-electron chi connectivity index (χ2n) is 4.60. The van der Waals surface area contributed by atoms with Crippen molar-refractivity contribution in [2.75, 3.05) is 17.2 Å². The monoisotopic (exact) mass is 276 g/mol. The van der Waals surface area contributed by atoms with Gasteiger partial charge in [-0.3, -0.25) is 0 Å². The topological polar surface area (TPSA) is 61.3 Å². The van der Waals surface area contributed by atoms with E-state index in [-0.39, 0.29) is 0 Å². The molecule has 0 bridgehead atoms. The van der Waals surface area contributed by atoms with Crippen LogP contribution in [0.15, 0.2) is 34.9 Å². The molecular weight excluding hydrogens is 260 g/mol. The van der Waals surface area contributed by atoms with Gasteiger partial charge in [0.05, 0.1) is 0 Å². The molecule has 0 spiro atoms. The summed E-state index contributed by atoms with van der Waals surface area (Å²) in [5.74, 6) is 4.32. The lowest BCUT2D eigenvalue weighted by atomic mass is 10.1. The Kier molecular flexibility index (Phi) is 3.64. The SMILES string of the molecule is Nc1cc(-c2ccc(OC3CCCSC3)cc2)on1. The van der Waals surface area contributed by atoms with Crippen LogP contribution in [0, 0.1) is 0 Å². The molecule has 0 saturated carbocycles. The van der Waals surface area contributed by atoms with Gasteiger partial charge in [0.1, 0.15) is 11.9 Å². The van der Waals surface area contributed by atoms with Gasteiger partial charge in [0.25, 0.3) is 0 Å². The number of nitrogens with two attached hydrogens (primary N) is 1. The van der Waals surface area contributed by atoms with Gasteiger partial charge < -0.3 is 15.0 Å². The maximum absolute atomic E-state index is 5.96. The quantitative estimate of drug-likeness (QED) is 0.932. The normalized spacial score (nSPS) is 19.3. The van der Waals surface area contributed by atoms with Crippen LogP contribution in [-0.4, -0.2) is 22.8 Å². The van der Waals surface area contributed by atoms with Crippen LogP contribution in [0.3, 0.4) is 0 Å². The van der Waals surface area contributed by atoms with Crippen molar-refractivity contribution in [3.8, 4) is 17.1 Å². The molecule has 2 N–H and O–H groups in total. The lowest BCUT2D eigenvalue weighted by molar-refractivity contribution is 0.211. The second-order valence-corrected chi connectivity index (χ2v) is 5.75. The summed E-state index contributed by atoms with van der Waals surface area (Å²) in [5.41, 5.74) is 6.49. The molecule has 3 rings (SSSR count). The number of anilines is 1. The Morgan fingerprint density at radius 1 is 1.32 bits per heavy atom. The summed E-state index contributed by atoms with van der Waals surface area (Å²) < 4.78 is 11.1. The lowest BCUT2D eigenvalue weighted by Gasteiger charge is -2.22. The van der Waals surface area contributed by atoms with E-state index in [2.05, 4.69) is 5.16 Å². The third-order valence-electron chi connectivity index (χ3n) is 3.09. The van der Waals surface area contributed by atoms with E-state index in [9.17, 15) is 0 Å². The predicted octanol–water partition coefficient (Wildman–Crippen LogP) is 3.20. The fourth-order valence-electron chi connectivity index (χ4n) is 2.12. The molecule has 1 aliphatic heterocycles. The molecule has 5 heteroatoms. The van der Waals surface area contributed by atoms with E-state index in [1.165, 1.54) is 12.2 Å². The number of benzene rings is 1. The Morgan fingerprint density at radius 3 is 2.79 bits per heavy atom. The van der Waals surface area contributed by atoms with Crippen molar-refractivity contribution in [3.05, 3.63) is 30.3 Å². The van der Waals surface area contributed by atoms with Crippen molar-refractivity contribution in [3.63, 3.8) is 0 Å². The Bertz CT molecular complexity index is 533. The summed E-state index contributed by atoms with van der Waals surface area (Å²) in [5, 5.41) is 3.68. The summed E-state index contributed by atoms with van der Waals surface area (Å²) in [6.07, 6.45) is 2.73. The van der Waals surface area contributed by atoms with E-state index in [4.69, 9.17) is 15.0 Å². The first-order valence-electron chi connectivity index (χ1n) is 6.38. The molecule has 0 aliphatic carbocycles. The highest BCUT2D eigenvalue weighted by molar-refractivity contribution is 7.99. The van der Waals surface area contributed by atoms with Crippen LogP contribution in [0.25, 0.3) is 11.3 Å². The first-order chi connectivity index (χ1) is 9.31. The molecule has 1 unspecified atom stereocenters. The zero-order chi connectivity index (χ0) is 13.1. The van der Waals surface area contributed by atoms with Crippen molar-refractivity contribution in [1.82, 2.24) is 5.16 Å². The summed E-state index contributed by atoms with van der Waals surface area (Å²) in [6.45, 7) is 0. The molecule has 4 nitrogen and oxygen atoms in total. The number of nitrogen functional groups attached to an aromatic ring is 1. The lowest BCUT2D eigenvalue weighted by Crippen LogP contribution is -2.23. The van der Waals surface area contributed by atoms with E-state index in [1.807, 2.05) is 36.0 Å². The van der Waals surface area contributed by atoms with Crippen LogP contribution in [0.2, 0.25) is 0 Å². The third kappa shape index (κ3) is 3.04. The fourth-order valence-corrected chi connectivity index (χ4v) is 3.15. The van der Waals surface area contributed by atoms with Crippen LogP contribution >= 0.6 is 11.8 Å². The van der Waals surface area contributed by atoms with Gasteiger partial charge in [0.2, 0.25) is 0 Å². The molecule has 1 fully saturated rings. The van der Waals surface area contributed by atoms with Crippen molar-refractivity contribution < 1.29 is 9.26 Å². The van der Waals surface area contributed by atoms with Crippen LogP contribution in [0.1, 0.15) is 12.8 Å². The molecule has 100 valence electrons. The molecule has 0 amide bonds. The van der Waals surface area contributed by atoms with Crippen LogP contribution in [0.5, 0.6) is 5.75 Å². The predicted molar refractivity (Wildman–Crippen MR) is 77.3 cm³/mol. The van der Waals surface area contributed by atoms with Gasteiger partial charge in [0, 0.05) is 17.4 Å². The summed E-state index contributed by atoms with van der Waals surface area (Å²) in [7, 11) is 0. The number of nitrogens with zero attached hydrogens (tertiary/aromatic N) is 1. The van der Waals surface area contributed by atoms with E-state index in [0.717, 1.165) is 23.5 Å². The maximum atomic E-state index is 5.96. The Labute approximate surface area is 116 Å². The summed E-state index contributed by atoms with van der Waals surface area (Å²) in [6, 6.07) is 9.57. The smallest absolute Gasteiger partial charge is 0.169 e. The molecule has 0 radical (unpaired) electrons.